The van der Waals surface area contributed by atoms with Crippen LogP contribution in [-0.4, -0.2) is 36.1 Å². The molecule has 0 fully saturated rings. The summed E-state index contributed by atoms with van der Waals surface area (Å²) in [7, 11) is 1.70. The van der Waals surface area contributed by atoms with Gasteiger partial charge in [-0.15, -0.1) is 11.3 Å². The highest BCUT2D eigenvalue weighted by Gasteiger charge is 2.06. The lowest BCUT2D eigenvalue weighted by atomic mass is 10.3. The van der Waals surface area contributed by atoms with Gasteiger partial charge in [0, 0.05) is 18.5 Å². The molecular weight excluding hydrogens is 186 g/mol. The topological polar surface area (TPSA) is 40.5 Å². The van der Waals surface area contributed by atoms with E-state index in [1.807, 2.05) is 17.5 Å². The van der Waals surface area contributed by atoms with E-state index in [1.54, 1.807) is 23.3 Å². The van der Waals surface area contributed by atoms with Gasteiger partial charge in [0.1, 0.15) is 6.61 Å². The van der Waals surface area contributed by atoms with Crippen molar-refractivity contribution >= 4 is 17.2 Å². The Morgan fingerprint density at radius 1 is 1.69 bits per heavy atom. The normalized spacial score (nSPS) is 10.0. The van der Waals surface area contributed by atoms with Gasteiger partial charge in [-0.3, -0.25) is 4.79 Å². The van der Waals surface area contributed by atoms with Crippen molar-refractivity contribution in [2.75, 3.05) is 20.2 Å². The maximum absolute atomic E-state index is 11.0. The number of thiophene rings is 1. The first kappa shape index (κ1) is 10.2. The van der Waals surface area contributed by atoms with Gasteiger partial charge in [-0.2, -0.15) is 0 Å². The van der Waals surface area contributed by atoms with Crippen molar-refractivity contribution in [3.8, 4) is 0 Å². The van der Waals surface area contributed by atoms with E-state index in [4.69, 9.17) is 5.11 Å². The van der Waals surface area contributed by atoms with Crippen molar-refractivity contribution in [2.24, 2.45) is 0 Å². The van der Waals surface area contributed by atoms with Crippen molar-refractivity contribution in [3.63, 3.8) is 0 Å². The van der Waals surface area contributed by atoms with E-state index in [0.29, 0.717) is 6.54 Å². The minimum Gasteiger partial charge on any atom is -0.387 e. The van der Waals surface area contributed by atoms with Crippen LogP contribution >= 0.6 is 11.3 Å². The zero-order chi connectivity index (χ0) is 9.68. The number of nitrogens with zero attached hydrogens (tertiary/aromatic N) is 1. The number of carbonyl (C=O) groups excluding carboxylic acids is 1. The van der Waals surface area contributed by atoms with Crippen molar-refractivity contribution in [1.82, 2.24) is 4.90 Å². The molecule has 1 rings (SSSR count). The molecule has 0 spiro atoms. The molecule has 0 atom stereocenters. The monoisotopic (exact) mass is 199 g/mol. The molecular formula is C9H13NO2S. The first-order valence-corrected chi connectivity index (χ1v) is 4.99. The Bertz CT molecular complexity index is 259. The quantitative estimate of drug-likeness (QED) is 0.777. The fourth-order valence-corrected chi connectivity index (χ4v) is 1.68. The molecule has 0 saturated carbocycles. The summed E-state index contributed by atoms with van der Waals surface area (Å²) in [5.41, 5.74) is 0. The maximum atomic E-state index is 11.0. The molecule has 0 saturated heterocycles. The standard InChI is InChI=1S/C9H13NO2S/c1-10(9(12)7-11)5-4-8-3-2-6-13-8/h2-3,6,11H,4-5,7H2,1H3. The van der Waals surface area contributed by atoms with Crippen LogP contribution in [-0.2, 0) is 11.2 Å². The molecule has 0 bridgehead atoms. The van der Waals surface area contributed by atoms with E-state index in [1.165, 1.54) is 4.88 Å². The molecule has 72 valence electrons. The number of aliphatic hydroxyl groups is 1. The van der Waals surface area contributed by atoms with Crippen LogP contribution < -0.4 is 0 Å². The largest absolute Gasteiger partial charge is 0.387 e. The molecule has 0 aliphatic heterocycles. The smallest absolute Gasteiger partial charge is 0.248 e. The van der Waals surface area contributed by atoms with E-state index in [9.17, 15) is 4.79 Å². The van der Waals surface area contributed by atoms with Crippen LogP contribution in [0.2, 0.25) is 0 Å². The number of carbonyl (C=O) groups is 1. The van der Waals surface area contributed by atoms with E-state index in [0.717, 1.165) is 6.42 Å². The molecule has 0 aliphatic carbocycles. The first-order chi connectivity index (χ1) is 6.24. The lowest BCUT2D eigenvalue weighted by Gasteiger charge is -2.14. The van der Waals surface area contributed by atoms with Crippen molar-refractivity contribution in [2.45, 2.75) is 6.42 Å². The molecule has 1 heterocycles. The second-order valence-corrected chi connectivity index (χ2v) is 3.84. The van der Waals surface area contributed by atoms with Gasteiger partial charge in [0.25, 0.3) is 0 Å². The third-order valence-electron chi connectivity index (χ3n) is 1.83. The van der Waals surface area contributed by atoms with Crippen LogP contribution in [0.25, 0.3) is 0 Å². The number of hydrogen-bond acceptors (Lipinski definition) is 3. The molecule has 1 N–H and O–H groups in total. The van der Waals surface area contributed by atoms with Crippen molar-refractivity contribution in [1.29, 1.82) is 0 Å². The van der Waals surface area contributed by atoms with Crippen molar-refractivity contribution < 1.29 is 9.90 Å². The summed E-state index contributed by atoms with van der Waals surface area (Å²) in [6.45, 7) is 0.265. The minimum atomic E-state index is -0.402. The lowest BCUT2D eigenvalue weighted by molar-refractivity contribution is -0.132. The van der Waals surface area contributed by atoms with Crippen LogP contribution in [0.3, 0.4) is 0 Å². The Labute approximate surface area is 81.6 Å². The predicted molar refractivity (Wildman–Crippen MR) is 52.7 cm³/mol. The van der Waals surface area contributed by atoms with Gasteiger partial charge in [0.2, 0.25) is 5.91 Å². The molecule has 0 aromatic carbocycles. The number of amides is 1. The maximum Gasteiger partial charge on any atom is 0.248 e. The summed E-state index contributed by atoms with van der Waals surface area (Å²) in [6.07, 6.45) is 0.861. The molecule has 13 heavy (non-hydrogen) atoms. The van der Waals surface area contributed by atoms with E-state index in [2.05, 4.69) is 0 Å². The summed E-state index contributed by atoms with van der Waals surface area (Å²) in [5.74, 6) is -0.225. The first-order valence-electron chi connectivity index (χ1n) is 4.11. The summed E-state index contributed by atoms with van der Waals surface area (Å²) >= 11 is 1.68. The van der Waals surface area contributed by atoms with E-state index in [-0.39, 0.29) is 5.91 Å². The Morgan fingerprint density at radius 2 is 2.46 bits per heavy atom. The Kier molecular flexibility index (Phi) is 3.92. The number of aliphatic hydroxyl groups excluding tert-OH is 1. The highest BCUT2D eigenvalue weighted by Crippen LogP contribution is 2.09. The van der Waals surface area contributed by atoms with Gasteiger partial charge in [0.05, 0.1) is 0 Å². The van der Waals surface area contributed by atoms with Crippen LogP contribution in [0.15, 0.2) is 17.5 Å². The molecule has 1 aromatic heterocycles. The Morgan fingerprint density at radius 3 is 3.00 bits per heavy atom. The highest BCUT2D eigenvalue weighted by molar-refractivity contribution is 7.09. The van der Waals surface area contributed by atoms with E-state index < -0.39 is 6.61 Å². The number of rotatable bonds is 4. The van der Waals surface area contributed by atoms with Crippen molar-refractivity contribution in [3.05, 3.63) is 22.4 Å². The van der Waals surface area contributed by atoms with Crippen LogP contribution in [0.1, 0.15) is 4.88 Å². The molecule has 0 aliphatic rings. The van der Waals surface area contributed by atoms with Gasteiger partial charge in [-0.1, -0.05) is 6.07 Å². The fourth-order valence-electron chi connectivity index (χ4n) is 0.978. The highest BCUT2D eigenvalue weighted by atomic mass is 32.1. The summed E-state index contributed by atoms with van der Waals surface area (Å²) in [5, 5.41) is 10.6. The molecule has 1 aromatic rings. The van der Waals surface area contributed by atoms with Gasteiger partial charge in [0.15, 0.2) is 0 Å². The van der Waals surface area contributed by atoms with Gasteiger partial charge >= 0.3 is 0 Å². The van der Waals surface area contributed by atoms with E-state index >= 15 is 0 Å². The lowest BCUT2D eigenvalue weighted by Crippen LogP contribution is -2.30. The third-order valence-corrected chi connectivity index (χ3v) is 2.77. The summed E-state index contributed by atoms with van der Waals surface area (Å²) in [6, 6.07) is 4.04. The second-order valence-electron chi connectivity index (χ2n) is 2.80. The molecule has 0 unspecified atom stereocenters. The van der Waals surface area contributed by atoms with Gasteiger partial charge in [-0.05, 0) is 17.9 Å². The van der Waals surface area contributed by atoms with Crippen LogP contribution in [0.5, 0.6) is 0 Å². The Hall–Kier alpha value is -0.870. The molecule has 3 nitrogen and oxygen atoms in total. The molecule has 4 heteroatoms. The Balaban J connectivity index is 2.30. The summed E-state index contributed by atoms with van der Waals surface area (Å²) < 4.78 is 0. The van der Waals surface area contributed by atoms with Gasteiger partial charge in [-0.25, -0.2) is 0 Å². The minimum absolute atomic E-state index is 0.225. The predicted octanol–water partition coefficient (Wildman–Crippen LogP) is 0.741. The van der Waals surface area contributed by atoms with Crippen LogP contribution in [0, 0.1) is 0 Å². The zero-order valence-corrected chi connectivity index (χ0v) is 8.38. The molecule has 1 amide bonds. The number of likely N-dealkylation sites (N-methyl/N-ethyl adjacent to an activating group) is 1. The molecule has 0 radical (unpaired) electrons. The van der Waals surface area contributed by atoms with Gasteiger partial charge < -0.3 is 10.0 Å². The SMILES string of the molecule is CN(CCc1cccs1)C(=O)CO. The third kappa shape index (κ3) is 3.16. The average molecular weight is 199 g/mol. The average Bonchev–Trinajstić information content (AvgIpc) is 2.65. The van der Waals surface area contributed by atoms with Crippen LogP contribution in [0.4, 0.5) is 0 Å². The fraction of sp³-hybridized carbons (Fsp3) is 0.444. The zero-order valence-electron chi connectivity index (χ0n) is 7.56. The number of hydrogen-bond donors (Lipinski definition) is 1. The summed E-state index contributed by atoms with van der Waals surface area (Å²) in [4.78, 5) is 13.8. The second kappa shape index (κ2) is 4.99.